The van der Waals surface area contributed by atoms with Gasteiger partial charge < -0.3 is 15.2 Å². The van der Waals surface area contributed by atoms with Crippen molar-refractivity contribution in [2.45, 2.75) is 19.4 Å². The number of phenols is 1. The Bertz CT molecular complexity index is 422. The van der Waals surface area contributed by atoms with Crippen LogP contribution in [-0.4, -0.2) is 49.4 Å². The van der Waals surface area contributed by atoms with Crippen molar-refractivity contribution in [3.63, 3.8) is 0 Å². The summed E-state index contributed by atoms with van der Waals surface area (Å²) in [6.07, 6.45) is 1.03. The van der Waals surface area contributed by atoms with E-state index in [1.54, 1.807) is 0 Å². The van der Waals surface area contributed by atoms with Crippen LogP contribution in [0, 0.1) is 5.82 Å². The molecule has 1 aliphatic rings. The van der Waals surface area contributed by atoms with Crippen molar-refractivity contribution in [2.24, 2.45) is 0 Å². The Hall–Kier alpha value is -1.17. The Balaban J connectivity index is 1.71. The molecule has 0 aliphatic carbocycles. The Morgan fingerprint density at radius 2 is 2.15 bits per heavy atom. The van der Waals surface area contributed by atoms with Crippen molar-refractivity contribution in [2.75, 3.05) is 39.4 Å². The molecule has 2 N–H and O–H groups in total. The summed E-state index contributed by atoms with van der Waals surface area (Å²) in [7, 11) is 0. The molecule has 0 aromatic heterocycles. The van der Waals surface area contributed by atoms with E-state index in [1.165, 1.54) is 18.2 Å². The number of nitrogens with one attached hydrogen (secondary N) is 1. The predicted molar refractivity (Wildman–Crippen MR) is 76.4 cm³/mol. The van der Waals surface area contributed by atoms with Gasteiger partial charge in [0.25, 0.3) is 0 Å². The number of phenolic OH excluding ortho intramolecular Hbond substituents is 1. The van der Waals surface area contributed by atoms with E-state index in [0.717, 1.165) is 45.8 Å². The van der Waals surface area contributed by atoms with Crippen LogP contribution in [0.15, 0.2) is 18.2 Å². The summed E-state index contributed by atoms with van der Waals surface area (Å²) >= 11 is 0. The van der Waals surface area contributed by atoms with Crippen LogP contribution in [0.3, 0.4) is 0 Å². The van der Waals surface area contributed by atoms with Gasteiger partial charge in [-0.25, -0.2) is 4.39 Å². The molecule has 1 saturated heterocycles. The van der Waals surface area contributed by atoms with Crippen molar-refractivity contribution in [3.8, 4) is 5.75 Å². The van der Waals surface area contributed by atoms with Crippen LogP contribution in [0.2, 0.25) is 0 Å². The smallest absolute Gasteiger partial charge is 0.123 e. The van der Waals surface area contributed by atoms with Gasteiger partial charge in [0.2, 0.25) is 0 Å². The van der Waals surface area contributed by atoms with Crippen LogP contribution >= 0.6 is 0 Å². The van der Waals surface area contributed by atoms with Gasteiger partial charge in [-0.05, 0) is 44.6 Å². The lowest BCUT2D eigenvalue weighted by atomic mass is 10.1. The highest BCUT2D eigenvalue weighted by Gasteiger charge is 2.12. The lowest BCUT2D eigenvalue weighted by Crippen LogP contribution is -2.37. The van der Waals surface area contributed by atoms with E-state index in [2.05, 4.69) is 10.2 Å². The molecule has 1 aromatic rings. The van der Waals surface area contributed by atoms with Crippen LogP contribution in [0.1, 0.15) is 24.9 Å². The van der Waals surface area contributed by atoms with Gasteiger partial charge in [-0.1, -0.05) is 0 Å². The average molecular weight is 282 g/mol. The van der Waals surface area contributed by atoms with Gasteiger partial charge in [-0.3, -0.25) is 4.90 Å². The molecule has 1 unspecified atom stereocenters. The van der Waals surface area contributed by atoms with E-state index >= 15 is 0 Å². The Kier molecular flexibility index (Phi) is 5.76. The molecule has 2 rings (SSSR count). The van der Waals surface area contributed by atoms with Crippen molar-refractivity contribution < 1.29 is 14.2 Å². The molecule has 1 fully saturated rings. The molecule has 112 valence electrons. The zero-order valence-electron chi connectivity index (χ0n) is 11.9. The van der Waals surface area contributed by atoms with Crippen molar-refractivity contribution in [1.82, 2.24) is 10.2 Å². The fourth-order valence-corrected chi connectivity index (χ4v) is 2.43. The minimum Gasteiger partial charge on any atom is -0.508 e. The average Bonchev–Trinajstić information content (AvgIpc) is 2.47. The molecule has 1 aliphatic heterocycles. The van der Waals surface area contributed by atoms with Gasteiger partial charge in [-0.2, -0.15) is 0 Å². The summed E-state index contributed by atoms with van der Waals surface area (Å²) in [5.41, 5.74) is 0.608. The van der Waals surface area contributed by atoms with Crippen LogP contribution in [0.4, 0.5) is 4.39 Å². The molecule has 0 amide bonds. The summed E-state index contributed by atoms with van der Waals surface area (Å²) in [4.78, 5) is 2.38. The van der Waals surface area contributed by atoms with Crippen LogP contribution in [-0.2, 0) is 4.74 Å². The maximum Gasteiger partial charge on any atom is 0.123 e. The Morgan fingerprint density at radius 1 is 1.40 bits per heavy atom. The Morgan fingerprint density at radius 3 is 2.90 bits per heavy atom. The first-order valence-electron chi connectivity index (χ1n) is 7.18. The summed E-state index contributed by atoms with van der Waals surface area (Å²) in [5, 5.41) is 13.1. The van der Waals surface area contributed by atoms with Gasteiger partial charge in [0.15, 0.2) is 0 Å². The molecule has 1 atom stereocenters. The number of ether oxygens (including phenoxy) is 1. The normalized spacial score (nSPS) is 18.1. The predicted octanol–water partition coefficient (Wildman–Crippen LogP) is 1.90. The highest BCUT2D eigenvalue weighted by atomic mass is 19.1. The standard InChI is InChI=1S/C15H23FN2O2/c1-12(14-11-13(16)3-4-15(14)19)17-5-2-6-18-7-9-20-10-8-18/h3-4,11-12,17,19H,2,5-10H2,1H3. The zero-order chi connectivity index (χ0) is 14.4. The van der Waals surface area contributed by atoms with E-state index < -0.39 is 0 Å². The Labute approximate surface area is 119 Å². The monoisotopic (exact) mass is 282 g/mol. The molecule has 1 heterocycles. The second-order valence-corrected chi connectivity index (χ2v) is 5.19. The zero-order valence-corrected chi connectivity index (χ0v) is 11.9. The number of nitrogens with zero attached hydrogens (tertiary/aromatic N) is 1. The minimum atomic E-state index is -0.320. The molecular weight excluding hydrogens is 259 g/mol. The number of aromatic hydroxyl groups is 1. The lowest BCUT2D eigenvalue weighted by molar-refractivity contribution is 0.0374. The van der Waals surface area contributed by atoms with Crippen molar-refractivity contribution >= 4 is 0 Å². The fourth-order valence-electron chi connectivity index (χ4n) is 2.43. The molecule has 20 heavy (non-hydrogen) atoms. The largest absolute Gasteiger partial charge is 0.508 e. The van der Waals surface area contributed by atoms with Crippen LogP contribution in [0.25, 0.3) is 0 Å². The number of halogens is 1. The summed E-state index contributed by atoms with van der Waals surface area (Å²) in [5.74, 6) is -0.181. The van der Waals surface area contributed by atoms with E-state index in [1.807, 2.05) is 6.92 Å². The van der Waals surface area contributed by atoms with Gasteiger partial charge in [0, 0.05) is 24.7 Å². The summed E-state index contributed by atoms with van der Waals surface area (Å²) in [6.45, 7) is 7.46. The molecule has 0 radical (unpaired) electrons. The first-order valence-corrected chi connectivity index (χ1v) is 7.18. The molecule has 5 heteroatoms. The highest BCUT2D eigenvalue weighted by Crippen LogP contribution is 2.24. The second kappa shape index (κ2) is 7.57. The molecule has 4 nitrogen and oxygen atoms in total. The third-order valence-electron chi connectivity index (χ3n) is 3.66. The van der Waals surface area contributed by atoms with Crippen LogP contribution < -0.4 is 5.32 Å². The van der Waals surface area contributed by atoms with E-state index in [-0.39, 0.29) is 17.6 Å². The number of benzene rings is 1. The fraction of sp³-hybridized carbons (Fsp3) is 0.600. The van der Waals surface area contributed by atoms with E-state index in [4.69, 9.17) is 4.74 Å². The molecule has 0 bridgehead atoms. The maximum absolute atomic E-state index is 13.2. The summed E-state index contributed by atoms with van der Waals surface area (Å²) < 4.78 is 18.5. The van der Waals surface area contributed by atoms with Gasteiger partial charge in [-0.15, -0.1) is 0 Å². The first kappa shape index (κ1) is 15.2. The highest BCUT2D eigenvalue weighted by molar-refractivity contribution is 5.34. The maximum atomic E-state index is 13.2. The van der Waals surface area contributed by atoms with Gasteiger partial charge >= 0.3 is 0 Å². The van der Waals surface area contributed by atoms with Gasteiger partial charge in [0.05, 0.1) is 13.2 Å². The molecule has 0 spiro atoms. The third-order valence-corrected chi connectivity index (χ3v) is 3.66. The van der Waals surface area contributed by atoms with Crippen LogP contribution in [0.5, 0.6) is 5.75 Å². The lowest BCUT2D eigenvalue weighted by Gasteiger charge is -2.26. The third kappa shape index (κ3) is 4.44. The van der Waals surface area contributed by atoms with Crippen molar-refractivity contribution in [3.05, 3.63) is 29.6 Å². The van der Waals surface area contributed by atoms with E-state index in [0.29, 0.717) is 5.56 Å². The number of rotatable bonds is 6. The summed E-state index contributed by atoms with van der Waals surface area (Å²) in [6, 6.07) is 3.99. The van der Waals surface area contributed by atoms with Gasteiger partial charge in [0.1, 0.15) is 11.6 Å². The molecule has 0 saturated carbocycles. The topological polar surface area (TPSA) is 44.7 Å². The first-order chi connectivity index (χ1) is 9.66. The molecular formula is C15H23FN2O2. The second-order valence-electron chi connectivity index (χ2n) is 5.19. The SMILES string of the molecule is CC(NCCCN1CCOCC1)c1cc(F)ccc1O. The minimum absolute atomic E-state index is 0.0598. The number of hydrogen-bond donors (Lipinski definition) is 2. The van der Waals surface area contributed by atoms with Crippen molar-refractivity contribution in [1.29, 1.82) is 0 Å². The quantitative estimate of drug-likeness (QED) is 0.782. The van der Waals surface area contributed by atoms with E-state index in [9.17, 15) is 9.50 Å². The molecule has 1 aromatic carbocycles. The number of morpholine rings is 1. The number of hydrogen-bond acceptors (Lipinski definition) is 4.